The molecular weight excluding hydrogens is 429 g/mol. The van der Waals surface area contributed by atoms with Crippen molar-refractivity contribution >= 4 is 6.03 Å². The molecule has 0 aromatic heterocycles. The van der Waals surface area contributed by atoms with Crippen LogP contribution in [0, 0.1) is 11.8 Å². The highest BCUT2D eigenvalue weighted by atomic mass is 19.1. The monoisotopic (exact) mass is 475 g/mol. The lowest BCUT2D eigenvalue weighted by molar-refractivity contribution is 0.0208. The number of ether oxygens (including phenoxy) is 1. The normalized spacial score (nSPS) is 22.2. The first-order valence-electron chi connectivity index (χ1n) is 13.5. The molecule has 5 nitrogen and oxygen atoms in total. The van der Waals surface area contributed by atoms with Crippen LogP contribution in [0.2, 0.25) is 0 Å². The fourth-order valence-electron chi connectivity index (χ4n) is 5.99. The van der Waals surface area contributed by atoms with Crippen molar-refractivity contribution in [1.29, 1.82) is 0 Å². The Balaban J connectivity index is 1.64. The Hall–Kier alpha value is -1.66. The Morgan fingerprint density at radius 1 is 1.15 bits per heavy atom. The Bertz CT molecular complexity index is 713. The summed E-state index contributed by atoms with van der Waals surface area (Å²) in [5, 5.41) is 6.54. The van der Waals surface area contributed by atoms with Gasteiger partial charge in [-0.25, -0.2) is 9.18 Å². The van der Waals surface area contributed by atoms with Gasteiger partial charge in [-0.2, -0.15) is 0 Å². The summed E-state index contributed by atoms with van der Waals surface area (Å²) >= 11 is 0. The lowest BCUT2D eigenvalue weighted by Gasteiger charge is -2.41. The van der Waals surface area contributed by atoms with Gasteiger partial charge >= 0.3 is 6.03 Å². The molecule has 1 aliphatic heterocycles. The molecule has 0 bridgehead atoms. The zero-order valence-corrected chi connectivity index (χ0v) is 21.4. The number of likely N-dealkylation sites (N-methyl/N-ethyl adjacent to an activating group) is 1. The number of hydrogen-bond donors (Lipinski definition) is 2. The summed E-state index contributed by atoms with van der Waals surface area (Å²) in [6.07, 6.45) is 11.3. The third-order valence-corrected chi connectivity index (χ3v) is 7.87. The molecule has 1 aromatic carbocycles. The van der Waals surface area contributed by atoms with Gasteiger partial charge in [0.1, 0.15) is 5.67 Å². The molecule has 1 heterocycles. The smallest absolute Gasteiger partial charge is 0.317 e. The highest BCUT2D eigenvalue weighted by Gasteiger charge is 2.43. The summed E-state index contributed by atoms with van der Waals surface area (Å²) in [5.41, 5.74) is -0.689. The van der Waals surface area contributed by atoms with E-state index in [0.717, 1.165) is 44.2 Å². The van der Waals surface area contributed by atoms with Crippen LogP contribution in [-0.2, 0) is 10.4 Å². The first-order valence-corrected chi connectivity index (χ1v) is 13.5. The lowest BCUT2D eigenvalue weighted by Crippen LogP contribution is -2.53. The second kappa shape index (κ2) is 14.0. The molecular formula is C28H46FN3O2. The third kappa shape index (κ3) is 7.67. The number of piperidine rings is 1. The number of nitrogens with zero attached hydrogens (tertiary/aromatic N) is 1. The number of amides is 2. The van der Waals surface area contributed by atoms with Crippen molar-refractivity contribution in [3.8, 4) is 0 Å². The fraction of sp³-hybridized carbons (Fsp3) is 0.750. The summed E-state index contributed by atoms with van der Waals surface area (Å²) in [4.78, 5) is 15.1. The predicted octanol–water partition coefficient (Wildman–Crippen LogP) is 5.65. The maximum atomic E-state index is 16.8. The molecule has 6 heteroatoms. The van der Waals surface area contributed by atoms with Crippen LogP contribution in [0.15, 0.2) is 30.3 Å². The van der Waals surface area contributed by atoms with Gasteiger partial charge in [-0.1, -0.05) is 62.4 Å². The van der Waals surface area contributed by atoms with Crippen molar-refractivity contribution < 1.29 is 13.9 Å². The van der Waals surface area contributed by atoms with E-state index in [-0.39, 0.29) is 18.0 Å². The van der Waals surface area contributed by atoms with Gasteiger partial charge in [-0.3, -0.25) is 0 Å². The first kappa shape index (κ1) is 26.9. The van der Waals surface area contributed by atoms with Crippen LogP contribution in [0.5, 0.6) is 0 Å². The molecule has 0 spiro atoms. The second-order valence-corrected chi connectivity index (χ2v) is 10.4. The van der Waals surface area contributed by atoms with Gasteiger partial charge in [0, 0.05) is 45.3 Å². The summed E-state index contributed by atoms with van der Waals surface area (Å²) in [6.45, 7) is 2.60. The number of likely N-dealkylation sites (tertiary alicyclic amines) is 1. The number of hydrogen-bond acceptors (Lipinski definition) is 3. The number of rotatable bonds is 12. The van der Waals surface area contributed by atoms with E-state index in [0.29, 0.717) is 32.0 Å². The van der Waals surface area contributed by atoms with Crippen molar-refractivity contribution in [3.05, 3.63) is 35.9 Å². The fourth-order valence-corrected chi connectivity index (χ4v) is 5.99. The van der Waals surface area contributed by atoms with Gasteiger partial charge in [0.2, 0.25) is 0 Å². The third-order valence-electron chi connectivity index (χ3n) is 7.87. The summed E-state index contributed by atoms with van der Waals surface area (Å²) < 4.78 is 21.9. The van der Waals surface area contributed by atoms with Crippen LogP contribution in [-0.4, -0.2) is 57.4 Å². The largest absolute Gasteiger partial charge is 0.385 e. The van der Waals surface area contributed by atoms with E-state index < -0.39 is 5.67 Å². The van der Waals surface area contributed by atoms with Gasteiger partial charge in [0.05, 0.1) is 0 Å². The van der Waals surface area contributed by atoms with Crippen molar-refractivity contribution in [2.24, 2.45) is 11.8 Å². The number of urea groups is 1. The zero-order chi connectivity index (χ0) is 24.2. The van der Waals surface area contributed by atoms with Crippen molar-refractivity contribution in [2.75, 3.05) is 40.4 Å². The van der Waals surface area contributed by atoms with Gasteiger partial charge < -0.3 is 20.3 Å². The minimum absolute atomic E-state index is 0.0319. The Kier molecular flexibility index (Phi) is 11.1. The van der Waals surface area contributed by atoms with E-state index in [1.54, 1.807) is 7.11 Å². The number of unbranched alkanes of at least 4 members (excludes halogenated alkanes) is 1. The first-order chi connectivity index (χ1) is 16.6. The molecule has 2 fully saturated rings. The molecule has 1 saturated heterocycles. The zero-order valence-electron chi connectivity index (χ0n) is 21.4. The van der Waals surface area contributed by atoms with Crippen molar-refractivity contribution in [2.45, 2.75) is 82.3 Å². The van der Waals surface area contributed by atoms with E-state index in [1.165, 1.54) is 32.1 Å². The average molecular weight is 476 g/mol. The quantitative estimate of drug-likeness (QED) is 0.384. The minimum atomic E-state index is -1.43. The molecule has 0 radical (unpaired) electrons. The van der Waals surface area contributed by atoms with E-state index in [4.69, 9.17) is 4.74 Å². The van der Waals surface area contributed by atoms with Gasteiger partial charge in [0.15, 0.2) is 0 Å². The Morgan fingerprint density at radius 2 is 1.91 bits per heavy atom. The number of methoxy groups -OCH3 is 1. The molecule has 1 aliphatic carbocycles. The SMILES string of the molecule is CNC[C@H](CC1CCCCC1)NC(=O)N1CCC[C@@H](C(F)(CCCCOC)c2ccccc2)C1. The highest BCUT2D eigenvalue weighted by Crippen LogP contribution is 2.43. The van der Waals surface area contributed by atoms with E-state index in [2.05, 4.69) is 10.6 Å². The maximum Gasteiger partial charge on any atom is 0.317 e. The second-order valence-electron chi connectivity index (χ2n) is 10.4. The number of nitrogens with one attached hydrogen (secondary N) is 2. The number of carbonyl (C=O) groups is 1. The minimum Gasteiger partial charge on any atom is -0.385 e. The highest BCUT2D eigenvalue weighted by molar-refractivity contribution is 5.74. The number of benzene rings is 1. The number of carbonyl (C=O) groups excluding carboxylic acids is 1. The molecule has 2 N–H and O–H groups in total. The standard InChI is InChI=1S/C28H46FN3O2/c1-30-21-26(20-23-12-5-3-6-13-23)31-27(33)32-18-11-16-25(22-32)28(29,17-9-10-19-34-2)24-14-7-4-8-15-24/h4,7-8,14-15,23,25-26,30H,3,5-6,9-13,16-22H2,1-2H3,(H,31,33)/t25-,26+,28?/m1/s1. The van der Waals surface area contributed by atoms with Crippen LogP contribution in [0.1, 0.15) is 76.2 Å². The predicted molar refractivity (Wildman–Crippen MR) is 137 cm³/mol. The van der Waals surface area contributed by atoms with Crippen LogP contribution >= 0.6 is 0 Å². The Morgan fingerprint density at radius 3 is 2.62 bits per heavy atom. The topological polar surface area (TPSA) is 53.6 Å². The molecule has 1 aromatic rings. The summed E-state index contributed by atoms with van der Waals surface area (Å²) in [6, 6.07) is 9.67. The van der Waals surface area contributed by atoms with Crippen LogP contribution < -0.4 is 10.6 Å². The van der Waals surface area contributed by atoms with Gasteiger partial charge in [0.25, 0.3) is 0 Å². The van der Waals surface area contributed by atoms with Crippen LogP contribution in [0.4, 0.5) is 9.18 Å². The van der Waals surface area contributed by atoms with Gasteiger partial charge in [-0.15, -0.1) is 0 Å². The molecule has 2 amide bonds. The Labute approximate surface area is 206 Å². The molecule has 2 aliphatic rings. The molecule has 192 valence electrons. The molecule has 1 unspecified atom stereocenters. The molecule has 1 saturated carbocycles. The van der Waals surface area contributed by atoms with E-state index in [1.807, 2.05) is 42.3 Å². The van der Waals surface area contributed by atoms with E-state index in [9.17, 15) is 4.79 Å². The lowest BCUT2D eigenvalue weighted by atomic mass is 9.75. The number of halogens is 1. The van der Waals surface area contributed by atoms with Gasteiger partial charge in [-0.05, 0) is 57.1 Å². The van der Waals surface area contributed by atoms with Crippen LogP contribution in [0.25, 0.3) is 0 Å². The van der Waals surface area contributed by atoms with Crippen LogP contribution in [0.3, 0.4) is 0 Å². The average Bonchev–Trinajstić information content (AvgIpc) is 2.88. The van der Waals surface area contributed by atoms with Crippen molar-refractivity contribution in [3.63, 3.8) is 0 Å². The molecule has 3 rings (SSSR count). The van der Waals surface area contributed by atoms with E-state index >= 15 is 4.39 Å². The maximum absolute atomic E-state index is 16.8. The summed E-state index contributed by atoms with van der Waals surface area (Å²) in [7, 11) is 3.63. The van der Waals surface area contributed by atoms with Crippen molar-refractivity contribution in [1.82, 2.24) is 15.5 Å². The number of alkyl halides is 1. The molecule has 34 heavy (non-hydrogen) atoms. The molecule has 3 atom stereocenters. The summed E-state index contributed by atoms with van der Waals surface area (Å²) in [5.74, 6) is 0.503.